The van der Waals surface area contributed by atoms with Crippen LogP contribution in [0.2, 0.25) is 0 Å². The normalized spacial score (nSPS) is 10.0. The van der Waals surface area contributed by atoms with E-state index in [0.29, 0.717) is 12.8 Å². The summed E-state index contributed by atoms with van der Waals surface area (Å²) >= 11 is 0. The first-order chi connectivity index (χ1) is 18.7. The van der Waals surface area contributed by atoms with E-state index in [2.05, 4.69) is 0 Å². The molecule has 0 radical (unpaired) electrons. The van der Waals surface area contributed by atoms with Crippen molar-refractivity contribution < 1.29 is 44.6 Å². The molecule has 4 rings (SSSR count). The van der Waals surface area contributed by atoms with Crippen LogP contribution in [0.1, 0.15) is 31.8 Å². The summed E-state index contributed by atoms with van der Waals surface area (Å²) in [4.78, 5) is 23.6. The minimum Gasteiger partial charge on any atom is -0.726 e. The van der Waals surface area contributed by atoms with Gasteiger partial charge < -0.3 is 9.11 Å². The predicted octanol–water partition coefficient (Wildman–Crippen LogP) is 3.85. The van der Waals surface area contributed by atoms with Gasteiger partial charge in [0.2, 0.25) is 20.8 Å². The van der Waals surface area contributed by atoms with Crippen LogP contribution in [0.25, 0.3) is 0 Å². The van der Waals surface area contributed by atoms with Crippen molar-refractivity contribution in [2.45, 2.75) is 12.8 Å². The Morgan fingerprint density at radius 2 is 0.683 bits per heavy atom. The number of carbonyl (C=O) groups excluding carboxylic acids is 2. The Balaban J connectivity index is 0.000000581. The van der Waals surface area contributed by atoms with Crippen LogP contribution in [0.15, 0.2) is 121 Å². The van der Waals surface area contributed by atoms with Crippen molar-refractivity contribution in [1.82, 2.24) is 0 Å². The van der Waals surface area contributed by atoms with Gasteiger partial charge in [-0.1, -0.05) is 121 Å². The van der Waals surface area contributed by atoms with Gasteiger partial charge in [0.15, 0.2) is 11.6 Å². The summed E-state index contributed by atoms with van der Waals surface area (Å²) in [6.07, 6.45) is 0.954. The molecule has 0 spiro atoms. The predicted molar refractivity (Wildman–Crippen MR) is 152 cm³/mol. The molecule has 0 amide bonds. The molecular formula is C28H26MgO10S2. The summed E-state index contributed by atoms with van der Waals surface area (Å²) in [5.41, 5.74) is 3.68. The maximum atomic E-state index is 11.8. The van der Waals surface area contributed by atoms with Crippen molar-refractivity contribution in [2.24, 2.45) is 0 Å². The molecule has 0 heterocycles. The van der Waals surface area contributed by atoms with E-state index in [1.807, 2.05) is 121 Å². The quantitative estimate of drug-likeness (QED) is 0.140. The van der Waals surface area contributed by atoms with Crippen LogP contribution in [-0.2, 0) is 33.6 Å². The monoisotopic (exact) mass is 610 g/mol. The molecule has 0 fully saturated rings. The number of benzene rings is 4. The summed E-state index contributed by atoms with van der Waals surface area (Å²) in [6.45, 7) is 0. The molecule has 0 atom stereocenters. The van der Waals surface area contributed by atoms with Gasteiger partial charge >= 0.3 is 23.1 Å². The zero-order valence-corrected chi connectivity index (χ0v) is 24.7. The van der Waals surface area contributed by atoms with E-state index in [4.69, 9.17) is 35.0 Å². The minimum absolute atomic E-state index is 0. The maximum Gasteiger partial charge on any atom is 2.00 e. The van der Waals surface area contributed by atoms with Gasteiger partial charge in [0.25, 0.3) is 0 Å². The van der Waals surface area contributed by atoms with Gasteiger partial charge in [-0.25, -0.2) is 16.8 Å². The first-order valence-electron chi connectivity index (χ1n) is 11.3. The van der Waals surface area contributed by atoms with Crippen LogP contribution in [0, 0.1) is 0 Å². The van der Waals surface area contributed by atoms with Crippen LogP contribution in [0.3, 0.4) is 0 Å². The van der Waals surface area contributed by atoms with E-state index in [1.165, 1.54) is 0 Å². The molecule has 0 saturated carbocycles. The Morgan fingerprint density at radius 3 is 0.902 bits per heavy atom. The average Bonchev–Trinajstić information content (AvgIpc) is 2.89. The van der Waals surface area contributed by atoms with Crippen LogP contribution >= 0.6 is 0 Å². The molecule has 10 nitrogen and oxygen atoms in total. The summed E-state index contributed by atoms with van der Waals surface area (Å²) < 4.78 is 65.7. The van der Waals surface area contributed by atoms with Crippen molar-refractivity contribution in [3.63, 3.8) is 0 Å². The van der Waals surface area contributed by atoms with Gasteiger partial charge in [-0.2, -0.15) is 0 Å². The molecule has 0 aliphatic heterocycles. The second-order valence-electron chi connectivity index (χ2n) is 7.76. The smallest absolute Gasteiger partial charge is 0.726 e. The number of ketones is 2. The molecule has 0 aliphatic carbocycles. The van der Waals surface area contributed by atoms with Gasteiger partial charge in [0.05, 0.1) is 0 Å². The fourth-order valence-electron chi connectivity index (χ4n) is 3.01. The molecule has 0 aromatic heterocycles. The van der Waals surface area contributed by atoms with E-state index >= 15 is 0 Å². The third kappa shape index (κ3) is 22.1. The Labute approximate surface area is 255 Å². The third-order valence-corrected chi connectivity index (χ3v) is 4.61. The Bertz CT molecular complexity index is 1380. The van der Waals surface area contributed by atoms with Crippen molar-refractivity contribution in [2.75, 3.05) is 0 Å². The summed E-state index contributed by atoms with van der Waals surface area (Å²) in [5.74, 6) is 0.337. The van der Waals surface area contributed by atoms with Crippen LogP contribution in [-0.4, -0.2) is 69.7 Å². The van der Waals surface area contributed by atoms with Crippen molar-refractivity contribution in [3.8, 4) is 0 Å². The molecule has 13 heteroatoms. The average molecular weight is 611 g/mol. The number of hydrogen-bond acceptors (Lipinski definition) is 8. The second-order valence-corrected chi connectivity index (χ2v) is 9.47. The Morgan fingerprint density at radius 1 is 0.488 bits per heavy atom. The van der Waals surface area contributed by atoms with E-state index < -0.39 is 20.8 Å². The van der Waals surface area contributed by atoms with Crippen molar-refractivity contribution in [3.05, 3.63) is 144 Å². The molecule has 212 valence electrons. The zero-order valence-electron chi connectivity index (χ0n) is 21.6. The van der Waals surface area contributed by atoms with E-state index in [9.17, 15) is 9.59 Å². The molecule has 41 heavy (non-hydrogen) atoms. The summed E-state index contributed by atoms with van der Waals surface area (Å²) in [6, 6.07) is 38.4. The van der Waals surface area contributed by atoms with Crippen LogP contribution in [0.4, 0.5) is 0 Å². The fraction of sp³-hybridized carbons (Fsp3) is 0.0714. The maximum absolute atomic E-state index is 11.8. The van der Waals surface area contributed by atoms with E-state index in [1.54, 1.807) is 0 Å². The summed E-state index contributed by atoms with van der Waals surface area (Å²) in [5, 5.41) is 0. The van der Waals surface area contributed by atoms with Crippen LogP contribution < -0.4 is 0 Å². The molecular weight excluding hydrogens is 585 g/mol. The van der Waals surface area contributed by atoms with Crippen molar-refractivity contribution >= 4 is 55.4 Å². The SMILES string of the molecule is O=C(Cc1ccccc1)c1ccccc1.O=C(Cc1ccccc1)c1ccccc1.O=S(=O)([O-])O.O=S(=O)([O-])O.[Mg+2]. The van der Waals surface area contributed by atoms with E-state index in [0.717, 1.165) is 22.3 Å². The number of hydrogen-bond donors (Lipinski definition) is 2. The van der Waals surface area contributed by atoms with Crippen LogP contribution in [0.5, 0.6) is 0 Å². The first kappa shape index (κ1) is 37.7. The molecule has 0 unspecified atom stereocenters. The standard InChI is InChI=1S/2C14H12O.Mg.2H2O4S/c2*15-14(13-9-5-2-6-10-13)11-12-7-3-1-4-8-12;;2*1-5(2,3)4/h2*1-10H,11H2;;2*(H2,1,2,3,4)/q;;+2;;/p-2. The largest absolute Gasteiger partial charge is 2.00 e. The molecule has 4 aromatic rings. The van der Waals surface area contributed by atoms with E-state index in [-0.39, 0.29) is 34.6 Å². The second kappa shape index (κ2) is 19.7. The topological polar surface area (TPSA) is 189 Å². The van der Waals surface area contributed by atoms with Gasteiger partial charge in [-0.15, -0.1) is 0 Å². The molecule has 0 aliphatic rings. The van der Waals surface area contributed by atoms with Crippen molar-refractivity contribution in [1.29, 1.82) is 0 Å². The number of Topliss-reactive ketones (excluding diaryl/α,β-unsaturated/α-hetero) is 2. The zero-order chi connectivity index (χ0) is 30.0. The van der Waals surface area contributed by atoms with Gasteiger partial charge in [-0.3, -0.25) is 18.7 Å². The van der Waals surface area contributed by atoms with Gasteiger partial charge in [0.1, 0.15) is 0 Å². The summed E-state index contributed by atoms with van der Waals surface area (Å²) in [7, 11) is -9.83. The first-order valence-corrected chi connectivity index (χ1v) is 14.1. The Hall–Kier alpha value is -3.27. The molecule has 0 bridgehead atoms. The Kier molecular flexibility index (Phi) is 18.2. The number of rotatable bonds is 6. The molecule has 4 aromatic carbocycles. The molecule has 2 N–H and O–H groups in total. The van der Waals surface area contributed by atoms with Gasteiger partial charge in [0, 0.05) is 24.0 Å². The van der Waals surface area contributed by atoms with Gasteiger partial charge in [-0.05, 0) is 11.1 Å². The molecule has 0 saturated heterocycles. The fourth-order valence-corrected chi connectivity index (χ4v) is 3.01. The minimum atomic E-state index is -4.92. The number of carbonyl (C=O) groups is 2. The third-order valence-electron chi connectivity index (χ3n) is 4.61.